The van der Waals surface area contributed by atoms with Crippen molar-refractivity contribution < 1.29 is 24.2 Å². The van der Waals surface area contributed by atoms with Crippen LogP contribution in [0.1, 0.15) is 49.1 Å². The molecule has 0 fully saturated rings. The fourth-order valence-corrected chi connectivity index (χ4v) is 4.28. The van der Waals surface area contributed by atoms with Gasteiger partial charge >= 0.3 is 6.09 Å². The first kappa shape index (κ1) is 30.9. The Morgan fingerprint density at radius 2 is 1.59 bits per heavy atom. The predicted octanol–water partition coefficient (Wildman–Crippen LogP) is 5.21. The van der Waals surface area contributed by atoms with Crippen LogP contribution in [0.15, 0.2) is 91.5 Å². The predicted molar refractivity (Wildman–Crippen MR) is 159 cm³/mol. The van der Waals surface area contributed by atoms with E-state index >= 15 is 0 Å². The molecule has 216 valence electrons. The van der Waals surface area contributed by atoms with E-state index in [1.807, 2.05) is 61.5 Å². The lowest BCUT2D eigenvalue weighted by atomic mass is 9.99. The van der Waals surface area contributed by atoms with Crippen LogP contribution in [0.25, 0.3) is 0 Å². The Morgan fingerprint density at radius 3 is 2.17 bits per heavy atom. The van der Waals surface area contributed by atoms with Crippen molar-refractivity contribution in [1.82, 2.24) is 15.5 Å². The fraction of sp³-hybridized carbons (Fsp3) is 0.303. The topological polar surface area (TPSA) is 108 Å². The van der Waals surface area contributed by atoms with Crippen LogP contribution in [-0.2, 0) is 27.3 Å². The zero-order valence-corrected chi connectivity index (χ0v) is 24.1. The van der Waals surface area contributed by atoms with E-state index in [1.54, 1.807) is 39.0 Å². The molecule has 3 N–H and O–H groups in total. The molecule has 0 saturated carbocycles. The number of rotatable bonds is 11. The number of hydrogen-bond donors (Lipinski definition) is 3. The highest BCUT2D eigenvalue weighted by Crippen LogP contribution is 2.24. The maximum atomic E-state index is 14.2. The third-order valence-electron chi connectivity index (χ3n) is 6.24. The van der Waals surface area contributed by atoms with E-state index in [2.05, 4.69) is 17.2 Å². The number of aryl methyl sites for hydroxylation is 1. The standard InChI is InChI=1S/C33H39N3O5/c1-6-20-36(29(26-16-12-23(2)13-17-26)30(38)34-22-25-10-8-7-9-11-25)31(39)28(35-32(40)41-33(3,4)5)21-24-14-18-27(37)19-15-24/h6-19,28-29,37H,1,20-22H2,2-5H3,(H,34,38)(H,35,40). The SMILES string of the molecule is C=CCN(C(=O)C(Cc1ccc(O)cc1)NC(=O)OC(C)(C)C)C(C(=O)NCc1ccccc1)c1ccc(C)cc1. The van der Waals surface area contributed by atoms with Crippen LogP contribution >= 0.6 is 0 Å². The lowest BCUT2D eigenvalue weighted by Gasteiger charge is -2.34. The molecule has 0 saturated heterocycles. The first-order chi connectivity index (χ1) is 19.5. The molecule has 0 aliphatic rings. The van der Waals surface area contributed by atoms with Crippen molar-refractivity contribution in [1.29, 1.82) is 0 Å². The number of carbonyl (C=O) groups is 3. The van der Waals surface area contributed by atoms with Gasteiger partial charge in [-0.1, -0.05) is 78.4 Å². The summed E-state index contributed by atoms with van der Waals surface area (Å²) >= 11 is 0. The second-order valence-corrected chi connectivity index (χ2v) is 10.9. The molecule has 2 unspecified atom stereocenters. The molecule has 0 spiro atoms. The number of phenols is 1. The maximum absolute atomic E-state index is 14.2. The Kier molecular flexibility index (Phi) is 10.7. The number of hydrogen-bond acceptors (Lipinski definition) is 5. The summed E-state index contributed by atoms with van der Waals surface area (Å²) in [6, 6.07) is 21.2. The minimum atomic E-state index is -1.07. The van der Waals surface area contributed by atoms with E-state index < -0.39 is 29.7 Å². The Labute approximate surface area is 242 Å². The van der Waals surface area contributed by atoms with E-state index in [0.717, 1.165) is 11.1 Å². The van der Waals surface area contributed by atoms with Crippen molar-refractivity contribution in [3.63, 3.8) is 0 Å². The summed E-state index contributed by atoms with van der Waals surface area (Å²) in [5, 5.41) is 15.4. The molecule has 0 heterocycles. The quantitative estimate of drug-likeness (QED) is 0.281. The molecule has 0 radical (unpaired) electrons. The van der Waals surface area contributed by atoms with Gasteiger partial charge in [-0.15, -0.1) is 6.58 Å². The molecule has 3 amide bonds. The Bertz CT molecular complexity index is 1320. The van der Waals surface area contributed by atoms with Crippen LogP contribution in [0.5, 0.6) is 5.75 Å². The van der Waals surface area contributed by atoms with E-state index in [1.165, 1.54) is 17.0 Å². The molecule has 41 heavy (non-hydrogen) atoms. The number of phenolic OH excluding ortho intramolecular Hbond substituents is 1. The van der Waals surface area contributed by atoms with Gasteiger partial charge in [0.2, 0.25) is 11.8 Å². The Hall–Kier alpha value is -4.59. The first-order valence-corrected chi connectivity index (χ1v) is 13.5. The summed E-state index contributed by atoms with van der Waals surface area (Å²) in [5.74, 6) is -0.766. The molecule has 3 rings (SSSR count). The molecule has 8 nitrogen and oxygen atoms in total. The van der Waals surface area contributed by atoms with E-state index in [9.17, 15) is 19.5 Å². The van der Waals surface area contributed by atoms with Crippen LogP contribution in [0.2, 0.25) is 0 Å². The zero-order valence-electron chi connectivity index (χ0n) is 24.1. The minimum Gasteiger partial charge on any atom is -0.508 e. The normalized spacial score (nSPS) is 12.5. The molecule has 0 aliphatic heterocycles. The third-order valence-corrected chi connectivity index (χ3v) is 6.24. The summed E-state index contributed by atoms with van der Waals surface area (Å²) in [6.07, 6.45) is 0.904. The maximum Gasteiger partial charge on any atom is 0.408 e. The average Bonchev–Trinajstić information content (AvgIpc) is 2.92. The molecule has 8 heteroatoms. The summed E-state index contributed by atoms with van der Waals surface area (Å²) in [5.41, 5.74) is 2.48. The van der Waals surface area contributed by atoms with Gasteiger partial charge in [0.05, 0.1) is 0 Å². The third kappa shape index (κ3) is 9.53. The zero-order chi connectivity index (χ0) is 30.0. The van der Waals surface area contributed by atoms with Crippen molar-refractivity contribution >= 4 is 17.9 Å². The number of benzene rings is 3. The lowest BCUT2D eigenvalue weighted by molar-refractivity contribution is -0.141. The van der Waals surface area contributed by atoms with Crippen LogP contribution in [-0.4, -0.2) is 46.1 Å². The molecule has 3 aromatic carbocycles. The summed E-state index contributed by atoms with van der Waals surface area (Å²) in [6.45, 7) is 11.3. The molecule has 2 atom stereocenters. The van der Waals surface area contributed by atoms with Crippen molar-refractivity contribution in [2.75, 3.05) is 6.54 Å². The highest BCUT2D eigenvalue weighted by atomic mass is 16.6. The lowest BCUT2D eigenvalue weighted by Crippen LogP contribution is -2.53. The average molecular weight is 558 g/mol. The summed E-state index contributed by atoms with van der Waals surface area (Å²) in [4.78, 5) is 42.3. The smallest absolute Gasteiger partial charge is 0.408 e. The number of nitrogens with zero attached hydrogens (tertiary/aromatic N) is 1. The van der Waals surface area contributed by atoms with Gasteiger partial charge in [0.25, 0.3) is 0 Å². The second-order valence-electron chi connectivity index (χ2n) is 10.9. The van der Waals surface area contributed by atoms with Gasteiger partial charge in [-0.2, -0.15) is 0 Å². The number of amides is 3. The van der Waals surface area contributed by atoms with E-state index in [-0.39, 0.29) is 31.2 Å². The van der Waals surface area contributed by atoms with Gasteiger partial charge in [0.15, 0.2) is 0 Å². The molecule has 0 aromatic heterocycles. The second kappa shape index (κ2) is 14.2. The van der Waals surface area contributed by atoms with Crippen LogP contribution in [0.4, 0.5) is 4.79 Å². The number of ether oxygens (including phenoxy) is 1. The van der Waals surface area contributed by atoms with E-state index in [4.69, 9.17) is 4.74 Å². The number of aromatic hydroxyl groups is 1. The van der Waals surface area contributed by atoms with Gasteiger partial charge in [0.1, 0.15) is 23.4 Å². The van der Waals surface area contributed by atoms with Gasteiger partial charge in [-0.25, -0.2) is 4.79 Å². The highest BCUT2D eigenvalue weighted by molar-refractivity contribution is 5.92. The molecular weight excluding hydrogens is 518 g/mol. The Morgan fingerprint density at radius 1 is 0.951 bits per heavy atom. The van der Waals surface area contributed by atoms with Crippen molar-refractivity contribution in [3.05, 3.63) is 114 Å². The summed E-state index contributed by atoms with van der Waals surface area (Å²) < 4.78 is 5.45. The molecule has 3 aromatic rings. The number of alkyl carbamates (subject to hydrolysis) is 1. The van der Waals surface area contributed by atoms with Gasteiger partial charge in [0, 0.05) is 19.5 Å². The number of carbonyl (C=O) groups excluding carboxylic acids is 3. The summed E-state index contributed by atoms with van der Waals surface area (Å²) in [7, 11) is 0. The van der Waals surface area contributed by atoms with Crippen molar-refractivity contribution in [2.45, 2.75) is 58.3 Å². The van der Waals surface area contributed by atoms with Crippen LogP contribution in [0, 0.1) is 6.92 Å². The Balaban J connectivity index is 1.98. The van der Waals surface area contributed by atoms with Crippen LogP contribution in [0.3, 0.4) is 0 Å². The molecular formula is C33H39N3O5. The van der Waals surface area contributed by atoms with Gasteiger partial charge < -0.3 is 25.4 Å². The highest BCUT2D eigenvalue weighted by Gasteiger charge is 2.36. The van der Waals surface area contributed by atoms with Crippen LogP contribution < -0.4 is 10.6 Å². The van der Waals surface area contributed by atoms with Gasteiger partial charge in [-0.05, 0) is 56.5 Å². The van der Waals surface area contributed by atoms with Gasteiger partial charge in [-0.3, -0.25) is 9.59 Å². The minimum absolute atomic E-state index is 0.0538. The number of nitrogens with one attached hydrogen (secondary N) is 2. The monoisotopic (exact) mass is 557 g/mol. The van der Waals surface area contributed by atoms with Crippen molar-refractivity contribution in [3.8, 4) is 5.75 Å². The molecule has 0 bridgehead atoms. The fourth-order valence-electron chi connectivity index (χ4n) is 4.28. The van der Waals surface area contributed by atoms with E-state index in [0.29, 0.717) is 11.1 Å². The van der Waals surface area contributed by atoms with Crippen molar-refractivity contribution in [2.24, 2.45) is 0 Å². The largest absolute Gasteiger partial charge is 0.508 e. The molecule has 0 aliphatic carbocycles. The first-order valence-electron chi connectivity index (χ1n) is 13.5.